The van der Waals surface area contributed by atoms with E-state index in [2.05, 4.69) is 285 Å². The minimum atomic E-state index is -0.710. The van der Waals surface area contributed by atoms with E-state index in [0.29, 0.717) is 17.6 Å². The van der Waals surface area contributed by atoms with E-state index in [4.69, 9.17) is 8.83 Å². The summed E-state index contributed by atoms with van der Waals surface area (Å²) in [7, 11) is 0. The van der Waals surface area contributed by atoms with Crippen molar-refractivity contribution in [2.45, 2.75) is 26.2 Å². The quantitative estimate of drug-likeness (QED) is 0.162. The Hall–Kier alpha value is -10.9. The topological polar surface area (TPSA) is 36.1 Å². The van der Waals surface area contributed by atoms with Crippen molar-refractivity contribution in [3.63, 3.8) is 0 Å². The number of aromatic nitrogens is 2. The van der Waals surface area contributed by atoms with Gasteiger partial charge in [0.15, 0.2) is 0 Å². The Morgan fingerprint density at radius 2 is 0.655 bits per heavy atom. The molecular weight excluding hydrogens is 1060 g/mol. The van der Waals surface area contributed by atoms with Gasteiger partial charge in [-0.15, -0.1) is 0 Å². The molecule has 4 nitrogen and oxygen atoms in total. The van der Waals surface area contributed by atoms with Crippen LogP contribution >= 0.6 is 0 Å². The van der Waals surface area contributed by atoms with Gasteiger partial charge in [-0.1, -0.05) is 251 Å². The zero-order valence-electron chi connectivity index (χ0n) is 50.0. The van der Waals surface area contributed by atoms with Crippen LogP contribution in [0.1, 0.15) is 29.1 Å². The Kier molecular flexibility index (Phi) is 9.53. The molecule has 17 aromatic rings. The first-order chi connectivity index (χ1) is 43.7. The second-order valence-electron chi connectivity index (χ2n) is 24.7. The van der Waals surface area contributed by atoms with Crippen molar-refractivity contribution >= 4 is 154 Å². The van der Waals surface area contributed by atoms with Crippen LogP contribution in [0.15, 0.2) is 276 Å². The Morgan fingerprint density at radius 1 is 0.322 bits per heavy atom. The average molecular weight is 1110 g/mol. The van der Waals surface area contributed by atoms with Gasteiger partial charge in [-0.3, -0.25) is 0 Å². The highest BCUT2D eigenvalue weighted by atomic mass is 16.3. The van der Waals surface area contributed by atoms with E-state index in [1.165, 1.54) is 0 Å². The molecule has 0 bridgehead atoms. The molecule has 13 aromatic carbocycles. The van der Waals surface area contributed by atoms with E-state index >= 15 is 0 Å². The van der Waals surface area contributed by atoms with Gasteiger partial charge >= 0.3 is 0 Å². The predicted molar refractivity (Wildman–Crippen MR) is 369 cm³/mol. The maximum Gasteiger partial charge on any atom is 0.252 e. The minimum Gasteiger partial charge on any atom is -0.456 e. The molecule has 0 aliphatic carbocycles. The molecule has 0 saturated heterocycles. The summed E-state index contributed by atoms with van der Waals surface area (Å²) in [5, 5.41) is 16.8. The van der Waals surface area contributed by atoms with Gasteiger partial charge < -0.3 is 18.0 Å². The molecule has 0 radical (unpaired) electrons. The Morgan fingerprint density at radius 3 is 1.06 bits per heavy atom. The van der Waals surface area contributed by atoms with Crippen molar-refractivity contribution in [1.82, 2.24) is 9.13 Å². The van der Waals surface area contributed by atoms with Gasteiger partial charge in [-0.05, 0) is 118 Å². The second-order valence-corrected chi connectivity index (χ2v) is 24.7. The third kappa shape index (κ3) is 6.69. The maximum absolute atomic E-state index is 11.5. The highest BCUT2D eigenvalue weighted by Crippen LogP contribution is 2.48. The largest absolute Gasteiger partial charge is 0.456 e. The summed E-state index contributed by atoms with van der Waals surface area (Å²) in [5.74, 6) is 0. The molecule has 0 saturated carbocycles. The number of nitrogens with zero attached hydrogens (tertiary/aromatic N) is 2. The van der Waals surface area contributed by atoms with Crippen LogP contribution in [0.25, 0.3) is 164 Å². The summed E-state index contributed by atoms with van der Waals surface area (Å²) >= 11 is 0. The molecule has 87 heavy (non-hydrogen) atoms. The van der Waals surface area contributed by atoms with Crippen LogP contribution in [0.4, 0.5) is 0 Å². The van der Waals surface area contributed by atoms with Gasteiger partial charge in [0.25, 0.3) is 6.71 Å². The molecule has 406 valence electrons. The molecule has 0 atom stereocenters. The molecule has 4 aromatic heterocycles. The van der Waals surface area contributed by atoms with Crippen LogP contribution in [0.5, 0.6) is 0 Å². The third-order valence-corrected chi connectivity index (χ3v) is 19.0. The van der Waals surface area contributed by atoms with E-state index < -0.39 is 12.1 Å². The molecule has 6 heterocycles. The number of furan rings is 2. The molecule has 0 unspecified atom stereocenters. The van der Waals surface area contributed by atoms with E-state index in [-0.39, 0.29) is 0 Å². The lowest BCUT2D eigenvalue weighted by molar-refractivity contribution is 0.589. The summed E-state index contributed by atoms with van der Waals surface area (Å²) in [5.41, 5.74) is 15.4. The van der Waals surface area contributed by atoms with Gasteiger partial charge in [0.05, 0.1) is 24.8 Å². The smallest absolute Gasteiger partial charge is 0.252 e. The molecule has 0 fully saturated rings. The number of rotatable bonds is 2. The Labute approximate surface area is 503 Å². The number of hydrogen-bond acceptors (Lipinski definition) is 2. The van der Waals surface area contributed by atoms with Crippen LogP contribution in [0, 0.1) is 0 Å². The fourth-order valence-corrected chi connectivity index (χ4v) is 15.4. The third-order valence-electron chi connectivity index (χ3n) is 19.0. The number of fused-ring (bicyclic) bond motifs is 26. The monoisotopic (exact) mass is 1110 g/mol. The first-order valence-electron chi connectivity index (χ1n) is 31.2. The van der Waals surface area contributed by atoms with Crippen LogP contribution < -0.4 is 16.4 Å². The molecule has 0 spiro atoms. The van der Waals surface area contributed by atoms with Crippen LogP contribution in [0.2, 0.25) is 0 Å². The second kappa shape index (κ2) is 17.8. The summed E-state index contributed by atoms with van der Waals surface area (Å²) in [6, 6.07) is 92.8. The lowest BCUT2D eigenvalue weighted by Gasteiger charge is -2.38. The van der Waals surface area contributed by atoms with E-state index in [9.17, 15) is 2.74 Å². The van der Waals surface area contributed by atoms with Gasteiger partial charge in [0.2, 0.25) is 0 Å². The number of hydrogen-bond donors (Lipinski definition) is 0. The molecule has 19 rings (SSSR count). The summed E-state index contributed by atoms with van der Waals surface area (Å²) in [6.45, 7) is 5.96. The van der Waals surface area contributed by atoms with Crippen molar-refractivity contribution in [3.05, 3.63) is 272 Å². The lowest BCUT2D eigenvalue weighted by Crippen LogP contribution is -2.60. The van der Waals surface area contributed by atoms with Crippen LogP contribution in [0.3, 0.4) is 0 Å². The summed E-state index contributed by atoms with van der Waals surface area (Å²) < 4.78 is 42.6. The van der Waals surface area contributed by atoms with Crippen molar-refractivity contribution in [3.8, 4) is 33.6 Å². The van der Waals surface area contributed by atoms with Crippen molar-refractivity contribution in [2.24, 2.45) is 0 Å². The van der Waals surface area contributed by atoms with Crippen LogP contribution in [-0.4, -0.2) is 15.8 Å². The van der Waals surface area contributed by atoms with Gasteiger partial charge in [-0.25, -0.2) is 0 Å². The first-order valence-corrected chi connectivity index (χ1v) is 30.2. The summed E-state index contributed by atoms with van der Waals surface area (Å²) in [6.07, 6.45) is 0. The molecule has 2 aliphatic rings. The van der Waals surface area contributed by atoms with E-state index in [0.717, 1.165) is 181 Å². The standard InChI is InChI=1S/C82H53BN2O2/c1-82(2,3)50-44-67-77-68(45-50)85-79-52(49-26-8-5-9-27-49)39-23-41-62(79)58-33-13-11-29-54(58)56-31-15-17-35-60(56)76-74-64-37-19-21-43-70(64)87-72(74)47-66(81(76)85)83(77)65-46-71-73(63-36-18-20-42-69(63)86-71)75-59-34-16-14-30-55(59)53-28-10-12-32-57(53)61-40-22-38-51(48-24-6-4-7-25-48)78(61)84(67)80(65)75/h4-47H,1-3H3/i44D,45D. The first kappa shape index (κ1) is 46.5. The molecular formula is C82H53BN2O2. The average Bonchev–Trinajstić information content (AvgIpc) is 1.63. The molecule has 0 N–H and O–H groups in total. The number of benzene rings is 13. The number of para-hydroxylation sites is 4. The Balaban J connectivity index is 1.22. The lowest BCUT2D eigenvalue weighted by atomic mass is 9.34. The molecule has 5 heteroatoms. The van der Waals surface area contributed by atoms with Crippen LogP contribution in [-0.2, 0) is 5.41 Å². The van der Waals surface area contributed by atoms with E-state index in [1.54, 1.807) is 0 Å². The van der Waals surface area contributed by atoms with Gasteiger partial charge in [0.1, 0.15) is 22.3 Å². The minimum absolute atomic E-state index is 0.319. The van der Waals surface area contributed by atoms with Crippen molar-refractivity contribution < 1.29 is 11.6 Å². The summed E-state index contributed by atoms with van der Waals surface area (Å²) in [4.78, 5) is 0. The predicted octanol–water partition coefficient (Wildman–Crippen LogP) is 20.3. The molecule has 0 amide bonds. The zero-order chi connectivity index (χ0) is 59.1. The SMILES string of the molecule is [2H]c1c2c3c(c([2H])c1C(C)(C)C)-n1c4c(-c5ccccc5)cccc4c4ccccc4c4ccccc4c4c5c(cc(c41)B3c1cc3oc4ccccc4c3c3c4ccccc4c4ccccc4c4cccc(-c6ccccc6)c4n-2c13)oc1ccccc15. The molecule has 2 aliphatic heterocycles. The van der Waals surface area contributed by atoms with E-state index in [1.807, 2.05) is 0 Å². The highest BCUT2D eigenvalue weighted by Gasteiger charge is 2.43. The van der Waals surface area contributed by atoms with Gasteiger partial charge in [-0.2, -0.15) is 0 Å². The van der Waals surface area contributed by atoms with Crippen molar-refractivity contribution in [1.29, 1.82) is 0 Å². The fourth-order valence-electron chi connectivity index (χ4n) is 15.4. The highest BCUT2D eigenvalue weighted by molar-refractivity contribution is 7.00. The Bertz CT molecular complexity index is 5810. The maximum atomic E-state index is 11.5. The van der Waals surface area contributed by atoms with Gasteiger partial charge in [0, 0.05) is 65.6 Å². The van der Waals surface area contributed by atoms with Crippen molar-refractivity contribution in [2.75, 3.05) is 0 Å². The zero-order valence-corrected chi connectivity index (χ0v) is 48.0. The fraction of sp³-hybridized carbons (Fsp3) is 0.0488. The normalized spacial score (nSPS) is 13.1.